The summed E-state index contributed by atoms with van der Waals surface area (Å²) in [4.78, 5) is 18.5. The number of nitrogens with zero attached hydrogens (tertiary/aromatic N) is 2. The van der Waals surface area contributed by atoms with Crippen molar-refractivity contribution in [3.8, 4) is 0 Å². The molecule has 2 rings (SSSR count). The zero-order chi connectivity index (χ0) is 16.7. The maximum atomic E-state index is 12.5. The summed E-state index contributed by atoms with van der Waals surface area (Å²) in [5, 5.41) is 6.43. The molecule has 24 heavy (non-hydrogen) atoms. The quantitative estimate of drug-likeness (QED) is 0.403. The molecule has 0 atom stereocenters. The second kappa shape index (κ2) is 10.5. The molecule has 0 spiro atoms. The molecule has 1 heterocycles. The summed E-state index contributed by atoms with van der Waals surface area (Å²) in [6.07, 6.45) is 3.22. The fourth-order valence-electron chi connectivity index (χ4n) is 2.89. The van der Waals surface area contributed by atoms with E-state index in [1.807, 2.05) is 23.1 Å². The third kappa shape index (κ3) is 5.36. The lowest BCUT2D eigenvalue weighted by Crippen LogP contribution is -2.45. The number of rotatable bonds is 6. The van der Waals surface area contributed by atoms with Gasteiger partial charge in [0.05, 0.1) is 6.54 Å². The monoisotopic (exact) mass is 444 g/mol. The van der Waals surface area contributed by atoms with E-state index in [1.54, 1.807) is 7.05 Å². The molecule has 0 bridgehead atoms. The zero-order valence-electron chi connectivity index (χ0n) is 14.8. The highest BCUT2D eigenvalue weighted by Crippen LogP contribution is 2.27. The predicted octanol–water partition coefficient (Wildman–Crippen LogP) is 2.79. The number of halogens is 1. The summed E-state index contributed by atoms with van der Waals surface area (Å²) >= 11 is 0. The molecular formula is C18H29IN4O. The average molecular weight is 444 g/mol. The molecule has 0 saturated carbocycles. The smallest absolute Gasteiger partial charge is 0.246 e. The Kier molecular flexibility index (Phi) is 9.10. The van der Waals surface area contributed by atoms with Crippen molar-refractivity contribution < 1.29 is 4.79 Å². The van der Waals surface area contributed by atoms with Crippen molar-refractivity contribution in [2.45, 2.75) is 33.1 Å². The van der Waals surface area contributed by atoms with Gasteiger partial charge in [0.2, 0.25) is 5.91 Å². The number of carbonyl (C=O) groups excluding carboxylic acids is 1. The van der Waals surface area contributed by atoms with E-state index in [-0.39, 0.29) is 36.4 Å². The van der Waals surface area contributed by atoms with Crippen molar-refractivity contribution in [1.29, 1.82) is 0 Å². The van der Waals surface area contributed by atoms with Crippen LogP contribution in [0.3, 0.4) is 0 Å². The number of hydrogen-bond acceptors (Lipinski definition) is 2. The van der Waals surface area contributed by atoms with E-state index in [9.17, 15) is 4.79 Å². The SMILES string of the molecule is CCC(CC)CNC(=NC)NCC(=O)N1CCc2ccccc21.I. The second-order valence-corrected chi connectivity index (χ2v) is 5.91. The standard InChI is InChI=1S/C18H28N4O.HI/c1-4-14(5-2)12-20-18(19-3)21-13-17(23)22-11-10-15-8-6-7-9-16(15)22;/h6-9,14H,4-5,10-13H2,1-3H3,(H2,19,20,21);1H. The Hall–Kier alpha value is -1.31. The molecular weight excluding hydrogens is 415 g/mol. The van der Waals surface area contributed by atoms with Gasteiger partial charge in [0.15, 0.2) is 5.96 Å². The van der Waals surface area contributed by atoms with E-state index in [0.29, 0.717) is 11.9 Å². The van der Waals surface area contributed by atoms with Gasteiger partial charge in [-0.1, -0.05) is 44.9 Å². The lowest BCUT2D eigenvalue weighted by Gasteiger charge is -2.20. The lowest BCUT2D eigenvalue weighted by molar-refractivity contribution is -0.117. The van der Waals surface area contributed by atoms with Crippen molar-refractivity contribution in [2.75, 3.05) is 31.6 Å². The van der Waals surface area contributed by atoms with Gasteiger partial charge >= 0.3 is 0 Å². The Morgan fingerprint density at radius 1 is 1.25 bits per heavy atom. The topological polar surface area (TPSA) is 56.7 Å². The molecule has 1 aliphatic heterocycles. The second-order valence-electron chi connectivity index (χ2n) is 5.91. The first-order valence-electron chi connectivity index (χ1n) is 8.52. The Bertz CT molecular complexity index is 558. The van der Waals surface area contributed by atoms with Crippen LogP contribution in [0.15, 0.2) is 29.3 Å². The number of anilines is 1. The van der Waals surface area contributed by atoms with Crippen LogP contribution in [0.5, 0.6) is 0 Å². The molecule has 0 aromatic heterocycles. The van der Waals surface area contributed by atoms with Crippen LogP contribution >= 0.6 is 24.0 Å². The van der Waals surface area contributed by atoms with Crippen molar-refractivity contribution >= 4 is 41.5 Å². The van der Waals surface area contributed by atoms with Gasteiger partial charge < -0.3 is 15.5 Å². The number of aliphatic imine (C=N–C) groups is 1. The van der Waals surface area contributed by atoms with Gasteiger partial charge in [-0.05, 0) is 24.0 Å². The molecule has 0 radical (unpaired) electrons. The maximum absolute atomic E-state index is 12.5. The molecule has 1 aromatic carbocycles. The number of benzene rings is 1. The number of nitrogens with one attached hydrogen (secondary N) is 2. The van der Waals surface area contributed by atoms with Gasteiger partial charge in [-0.2, -0.15) is 0 Å². The molecule has 1 aliphatic rings. The van der Waals surface area contributed by atoms with Gasteiger partial charge in [-0.15, -0.1) is 24.0 Å². The van der Waals surface area contributed by atoms with Crippen molar-refractivity contribution in [2.24, 2.45) is 10.9 Å². The largest absolute Gasteiger partial charge is 0.356 e. The molecule has 134 valence electrons. The van der Waals surface area contributed by atoms with Gasteiger partial charge in [-0.25, -0.2) is 0 Å². The van der Waals surface area contributed by atoms with Crippen LogP contribution in [0, 0.1) is 5.92 Å². The number of para-hydroxylation sites is 1. The molecule has 0 saturated heterocycles. The van der Waals surface area contributed by atoms with Crippen molar-refractivity contribution in [3.05, 3.63) is 29.8 Å². The summed E-state index contributed by atoms with van der Waals surface area (Å²) in [5.41, 5.74) is 2.29. The van der Waals surface area contributed by atoms with Crippen LogP contribution in [0.4, 0.5) is 5.69 Å². The number of hydrogen-bond donors (Lipinski definition) is 2. The van der Waals surface area contributed by atoms with E-state index >= 15 is 0 Å². The van der Waals surface area contributed by atoms with Gasteiger partial charge in [0.25, 0.3) is 0 Å². The molecule has 2 N–H and O–H groups in total. The van der Waals surface area contributed by atoms with E-state index in [1.165, 1.54) is 5.56 Å². The number of amides is 1. The predicted molar refractivity (Wildman–Crippen MR) is 111 cm³/mol. The van der Waals surface area contributed by atoms with E-state index in [4.69, 9.17) is 0 Å². The van der Waals surface area contributed by atoms with Crippen LogP contribution in [0.1, 0.15) is 32.3 Å². The minimum Gasteiger partial charge on any atom is -0.356 e. The van der Waals surface area contributed by atoms with Crippen LogP contribution in [0.2, 0.25) is 0 Å². The molecule has 0 unspecified atom stereocenters. The van der Waals surface area contributed by atoms with Crippen LogP contribution in [0.25, 0.3) is 0 Å². The Labute approximate surface area is 162 Å². The summed E-state index contributed by atoms with van der Waals surface area (Å²) in [5.74, 6) is 1.41. The minimum absolute atomic E-state index is 0. The summed E-state index contributed by atoms with van der Waals surface area (Å²) in [6, 6.07) is 8.11. The van der Waals surface area contributed by atoms with E-state index in [0.717, 1.165) is 38.0 Å². The fourth-order valence-corrected chi connectivity index (χ4v) is 2.89. The molecule has 1 amide bonds. The first kappa shape index (κ1) is 20.7. The molecule has 6 heteroatoms. The third-order valence-corrected chi connectivity index (χ3v) is 4.53. The van der Waals surface area contributed by atoms with Crippen LogP contribution in [-0.4, -0.2) is 38.5 Å². The maximum Gasteiger partial charge on any atom is 0.246 e. The number of carbonyl (C=O) groups is 1. The van der Waals surface area contributed by atoms with E-state index in [2.05, 4.69) is 35.5 Å². The highest BCUT2D eigenvalue weighted by molar-refractivity contribution is 14.0. The first-order valence-corrected chi connectivity index (χ1v) is 8.52. The summed E-state index contributed by atoms with van der Waals surface area (Å²) < 4.78 is 0. The average Bonchev–Trinajstić information content (AvgIpc) is 3.02. The third-order valence-electron chi connectivity index (χ3n) is 4.53. The van der Waals surface area contributed by atoms with Crippen LogP contribution in [-0.2, 0) is 11.2 Å². The number of guanidine groups is 1. The Morgan fingerprint density at radius 3 is 2.62 bits per heavy atom. The molecule has 0 fully saturated rings. The van der Waals surface area contributed by atoms with Gasteiger partial charge in [-0.3, -0.25) is 9.79 Å². The highest BCUT2D eigenvalue weighted by atomic mass is 127. The summed E-state index contributed by atoms with van der Waals surface area (Å²) in [6.45, 7) is 6.30. The fraction of sp³-hybridized carbons (Fsp3) is 0.556. The normalized spacial score (nSPS) is 13.5. The lowest BCUT2D eigenvalue weighted by atomic mass is 10.0. The minimum atomic E-state index is 0. The molecule has 1 aromatic rings. The summed E-state index contributed by atoms with van der Waals surface area (Å²) in [7, 11) is 1.73. The van der Waals surface area contributed by atoms with Gasteiger partial charge in [0, 0.05) is 25.8 Å². The highest BCUT2D eigenvalue weighted by Gasteiger charge is 2.23. The number of fused-ring (bicyclic) bond motifs is 1. The van der Waals surface area contributed by atoms with Gasteiger partial charge in [0.1, 0.15) is 0 Å². The zero-order valence-corrected chi connectivity index (χ0v) is 17.2. The van der Waals surface area contributed by atoms with Crippen molar-refractivity contribution in [3.63, 3.8) is 0 Å². The first-order chi connectivity index (χ1) is 11.2. The Balaban J connectivity index is 0.00000288. The molecule has 5 nitrogen and oxygen atoms in total. The van der Waals surface area contributed by atoms with Crippen molar-refractivity contribution in [1.82, 2.24) is 10.6 Å². The van der Waals surface area contributed by atoms with Crippen LogP contribution < -0.4 is 15.5 Å². The molecule has 0 aliphatic carbocycles. The Morgan fingerprint density at radius 2 is 1.96 bits per heavy atom. The van der Waals surface area contributed by atoms with E-state index < -0.39 is 0 Å².